The molecule has 0 saturated carbocycles. The lowest BCUT2D eigenvalue weighted by molar-refractivity contribution is -0.400. The standard InChI is InChI=1S/C15H10BrNO3/c16-9-10-5-7-11(8-6-10)14-12-3-1-2-4-13(12)20-15(14)17(18)19/h1-8H,9H2. The van der Waals surface area contributed by atoms with E-state index < -0.39 is 4.92 Å². The Morgan fingerprint density at radius 2 is 1.80 bits per heavy atom. The Bertz CT molecular complexity index is 777. The van der Waals surface area contributed by atoms with Crippen LogP contribution in [0.25, 0.3) is 22.1 Å². The first kappa shape index (κ1) is 12.9. The molecule has 100 valence electrons. The molecule has 1 aromatic heterocycles. The summed E-state index contributed by atoms with van der Waals surface area (Å²) in [5, 5.41) is 12.7. The molecule has 1 heterocycles. The third-order valence-corrected chi connectivity index (χ3v) is 3.79. The van der Waals surface area contributed by atoms with Gasteiger partial charge in [-0.2, -0.15) is 0 Å². The van der Waals surface area contributed by atoms with Gasteiger partial charge in [-0.3, -0.25) is 10.1 Å². The number of hydrogen-bond acceptors (Lipinski definition) is 3. The van der Waals surface area contributed by atoms with Crippen molar-refractivity contribution in [3.05, 3.63) is 64.2 Å². The summed E-state index contributed by atoms with van der Waals surface area (Å²) < 4.78 is 5.36. The van der Waals surface area contributed by atoms with Gasteiger partial charge in [0.1, 0.15) is 16.1 Å². The fourth-order valence-corrected chi connectivity index (χ4v) is 2.57. The van der Waals surface area contributed by atoms with E-state index in [-0.39, 0.29) is 5.88 Å². The van der Waals surface area contributed by atoms with Crippen molar-refractivity contribution < 1.29 is 9.34 Å². The summed E-state index contributed by atoms with van der Waals surface area (Å²) in [6.45, 7) is 0. The second-order valence-electron chi connectivity index (χ2n) is 4.37. The molecule has 20 heavy (non-hydrogen) atoms. The van der Waals surface area contributed by atoms with Crippen molar-refractivity contribution in [3.63, 3.8) is 0 Å². The summed E-state index contributed by atoms with van der Waals surface area (Å²) in [7, 11) is 0. The van der Waals surface area contributed by atoms with Gasteiger partial charge in [0.25, 0.3) is 0 Å². The summed E-state index contributed by atoms with van der Waals surface area (Å²) in [5.74, 6) is -0.210. The minimum atomic E-state index is -0.478. The number of benzene rings is 2. The smallest absolute Gasteiger partial charge is 0.400 e. The van der Waals surface area contributed by atoms with Crippen molar-refractivity contribution >= 4 is 32.8 Å². The van der Waals surface area contributed by atoms with E-state index in [2.05, 4.69) is 15.9 Å². The molecule has 0 amide bonds. The first-order valence-electron chi connectivity index (χ1n) is 6.02. The van der Waals surface area contributed by atoms with E-state index in [1.807, 2.05) is 36.4 Å². The lowest BCUT2D eigenvalue weighted by atomic mass is 10.0. The molecule has 0 atom stereocenters. The number of nitro groups is 1. The topological polar surface area (TPSA) is 56.3 Å². The summed E-state index contributed by atoms with van der Waals surface area (Å²) in [5.41, 5.74) is 2.96. The number of nitrogens with zero attached hydrogens (tertiary/aromatic N) is 1. The van der Waals surface area contributed by atoms with Crippen LogP contribution in [0, 0.1) is 10.1 Å². The second kappa shape index (κ2) is 5.09. The van der Waals surface area contributed by atoms with Gasteiger partial charge in [0.15, 0.2) is 0 Å². The molecule has 0 radical (unpaired) electrons. The van der Waals surface area contributed by atoms with Gasteiger partial charge in [0, 0.05) is 10.7 Å². The minimum absolute atomic E-state index is 0.210. The van der Waals surface area contributed by atoms with Crippen molar-refractivity contribution in [1.29, 1.82) is 0 Å². The van der Waals surface area contributed by atoms with Crippen molar-refractivity contribution in [3.8, 4) is 11.1 Å². The molecule has 4 nitrogen and oxygen atoms in total. The highest BCUT2D eigenvalue weighted by Gasteiger charge is 2.24. The van der Waals surface area contributed by atoms with Crippen LogP contribution in [0.4, 0.5) is 5.88 Å². The van der Waals surface area contributed by atoms with Crippen molar-refractivity contribution in [1.82, 2.24) is 0 Å². The van der Waals surface area contributed by atoms with Gasteiger partial charge in [-0.25, -0.2) is 0 Å². The van der Waals surface area contributed by atoms with Gasteiger partial charge in [0.2, 0.25) is 0 Å². The molecule has 0 fully saturated rings. The number of alkyl halides is 1. The quantitative estimate of drug-likeness (QED) is 0.389. The van der Waals surface area contributed by atoms with E-state index >= 15 is 0 Å². The van der Waals surface area contributed by atoms with Crippen LogP contribution in [0.1, 0.15) is 5.56 Å². The number of hydrogen-bond donors (Lipinski definition) is 0. The number of para-hydroxylation sites is 1. The van der Waals surface area contributed by atoms with E-state index in [1.165, 1.54) is 0 Å². The van der Waals surface area contributed by atoms with Crippen LogP contribution >= 0.6 is 15.9 Å². The van der Waals surface area contributed by atoms with Gasteiger partial charge >= 0.3 is 5.88 Å². The Balaban J connectivity index is 2.27. The zero-order valence-electron chi connectivity index (χ0n) is 10.4. The third-order valence-electron chi connectivity index (χ3n) is 3.14. The van der Waals surface area contributed by atoms with E-state index in [1.54, 1.807) is 12.1 Å². The third kappa shape index (κ3) is 2.10. The van der Waals surface area contributed by atoms with E-state index in [9.17, 15) is 10.1 Å². The van der Waals surface area contributed by atoms with Gasteiger partial charge in [0.05, 0.1) is 0 Å². The van der Waals surface area contributed by atoms with Gasteiger partial charge in [-0.15, -0.1) is 0 Å². The predicted molar refractivity (Wildman–Crippen MR) is 80.9 cm³/mol. The molecule has 0 aliphatic rings. The number of fused-ring (bicyclic) bond motifs is 1. The zero-order valence-corrected chi connectivity index (χ0v) is 12.0. The Morgan fingerprint density at radius 1 is 1.10 bits per heavy atom. The van der Waals surface area contributed by atoms with Crippen molar-refractivity contribution in [2.75, 3.05) is 0 Å². The lowest BCUT2D eigenvalue weighted by Gasteiger charge is -2.00. The normalized spacial score (nSPS) is 10.8. The molecule has 0 unspecified atom stereocenters. The molecular formula is C15H10BrNO3. The van der Waals surface area contributed by atoms with Crippen LogP contribution < -0.4 is 0 Å². The molecule has 5 heteroatoms. The summed E-state index contributed by atoms with van der Waals surface area (Å²) in [6.07, 6.45) is 0. The Morgan fingerprint density at radius 3 is 2.45 bits per heavy atom. The maximum absolute atomic E-state index is 11.2. The average molecular weight is 332 g/mol. The molecule has 0 spiro atoms. The highest BCUT2D eigenvalue weighted by Crippen LogP contribution is 2.39. The van der Waals surface area contributed by atoms with E-state index in [0.717, 1.165) is 21.8 Å². The maximum atomic E-state index is 11.2. The van der Waals surface area contributed by atoms with Crippen LogP contribution in [-0.4, -0.2) is 4.92 Å². The van der Waals surface area contributed by atoms with Gasteiger partial charge in [-0.05, 0) is 17.2 Å². The molecule has 0 bridgehead atoms. The first-order valence-corrected chi connectivity index (χ1v) is 7.14. The van der Waals surface area contributed by atoms with Crippen LogP contribution in [0.3, 0.4) is 0 Å². The first-order chi connectivity index (χ1) is 9.70. The van der Waals surface area contributed by atoms with Crippen LogP contribution in [0.2, 0.25) is 0 Å². The van der Waals surface area contributed by atoms with Crippen LogP contribution in [0.15, 0.2) is 52.9 Å². The predicted octanol–water partition coefficient (Wildman–Crippen LogP) is 4.90. The minimum Gasteiger partial charge on any atom is -0.400 e. The molecule has 3 rings (SSSR count). The van der Waals surface area contributed by atoms with Crippen molar-refractivity contribution in [2.45, 2.75) is 5.33 Å². The Kier molecular flexibility index (Phi) is 3.28. The number of furan rings is 1. The Hall–Kier alpha value is -2.14. The highest BCUT2D eigenvalue weighted by molar-refractivity contribution is 9.08. The van der Waals surface area contributed by atoms with Gasteiger partial charge in [-0.1, -0.05) is 58.4 Å². The zero-order chi connectivity index (χ0) is 14.1. The molecule has 3 aromatic rings. The molecule has 0 N–H and O–H groups in total. The summed E-state index contributed by atoms with van der Waals surface area (Å²) >= 11 is 3.38. The van der Waals surface area contributed by atoms with Crippen molar-refractivity contribution in [2.24, 2.45) is 0 Å². The molecule has 0 aliphatic carbocycles. The monoisotopic (exact) mass is 331 g/mol. The van der Waals surface area contributed by atoms with E-state index in [0.29, 0.717) is 11.1 Å². The average Bonchev–Trinajstić information content (AvgIpc) is 2.87. The van der Waals surface area contributed by atoms with Gasteiger partial charge < -0.3 is 4.42 Å². The fraction of sp³-hybridized carbons (Fsp3) is 0.0667. The summed E-state index contributed by atoms with van der Waals surface area (Å²) in [6, 6.07) is 14.8. The molecule has 2 aromatic carbocycles. The van der Waals surface area contributed by atoms with E-state index in [4.69, 9.17) is 4.42 Å². The number of rotatable bonds is 3. The Labute approximate surface area is 123 Å². The number of halogens is 1. The molecule has 0 aliphatic heterocycles. The van der Waals surface area contributed by atoms with Crippen LogP contribution in [0.5, 0.6) is 0 Å². The maximum Gasteiger partial charge on any atom is 0.442 e. The lowest BCUT2D eigenvalue weighted by Crippen LogP contribution is -1.88. The SMILES string of the molecule is O=[N+]([O-])c1oc2ccccc2c1-c1ccc(CBr)cc1. The van der Waals surface area contributed by atoms with Crippen LogP contribution in [-0.2, 0) is 5.33 Å². The second-order valence-corrected chi connectivity index (χ2v) is 4.93. The molecular weight excluding hydrogens is 322 g/mol. The largest absolute Gasteiger partial charge is 0.442 e. The fourth-order valence-electron chi connectivity index (χ4n) is 2.20. The highest BCUT2D eigenvalue weighted by atomic mass is 79.9. The summed E-state index contributed by atoms with van der Waals surface area (Å²) in [4.78, 5) is 10.7. The molecule has 0 saturated heterocycles.